The van der Waals surface area contributed by atoms with E-state index in [1.54, 1.807) is 12.1 Å². The van der Waals surface area contributed by atoms with Crippen LogP contribution in [0.2, 0.25) is 5.02 Å². The van der Waals surface area contributed by atoms with Crippen LogP contribution in [-0.4, -0.2) is 10.7 Å². The number of benzene rings is 1. The van der Waals surface area contributed by atoms with Crippen molar-refractivity contribution in [3.05, 3.63) is 38.9 Å². The third-order valence-corrected chi connectivity index (χ3v) is 4.69. The van der Waals surface area contributed by atoms with E-state index in [2.05, 4.69) is 13.8 Å². The lowest BCUT2D eigenvalue weighted by atomic mass is 9.73. The lowest BCUT2D eigenvalue weighted by Crippen LogP contribution is -2.29. The first-order valence-corrected chi connectivity index (χ1v) is 7.71. The molecule has 1 saturated carbocycles. The molecule has 0 heterocycles. The van der Waals surface area contributed by atoms with Crippen molar-refractivity contribution in [2.24, 2.45) is 17.8 Å². The molecule has 1 fully saturated rings. The van der Waals surface area contributed by atoms with Crippen molar-refractivity contribution in [2.75, 3.05) is 0 Å². The number of hydrogen-bond acceptors (Lipinski definition) is 3. The van der Waals surface area contributed by atoms with Crippen molar-refractivity contribution in [3.63, 3.8) is 0 Å². The monoisotopic (exact) mass is 309 g/mol. The minimum atomic E-state index is -0.422. The van der Waals surface area contributed by atoms with Gasteiger partial charge in [0.15, 0.2) is 0 Å². The fourth-order valence-electron chi connectivity index (χ4n) is 3.09. The summed E-state index contributed by atoms with van der Waals surface area (Å²) in [4.78, 5) is 22.8. The highest BCUT2D eigenvalue weighted by atomic mass is 35.5. The number of carbonyl (C=O) groups is 1. The standard InChI is InChI=1S/C16H20ClNO3/c1-10(2)11-4-6-16(19)13(7-11)8-12-3-5-14(17)9-15(12)18(20)21/h3,5,9-11,13H,4,6-8H2,1-2H3. The number of ketones is 1. The summed E-state index contributed by atoms with van der Waals surface area (Å²) in [7, 11) is 0. The van der Waals surface area contributed by atoms with Crippen molar-refractivity contribution < 1.29 is 9.72 Å². The molecule has 1 aliphatic carbocycles. The molecule has 0 amide bonds. The van der Waals surface area contributed by atoms with Crippen LogP contribution in [0.4, 0.5) is 5.69 Å². The minimum absolute atomic E-state index is 0.0157. The molecule has 0 aromatic heterocycles. The van der Waals surface area contributed by atoms with Crippen LogP contribution in [0.5, 0.6) is 0 Å². The number of hydrogen-bond donors (Lipinski definition) is 0. The first-order valence-electron chi connectivity index (χ1n) is 7.34. The number of rotatable bonds is 4. The van der Waals surface area contributed by atoms with E-state index in [1.165, 1.54) is 6.07 Å². The lowest BCUT2D eigenvalue weighted by molar-refractivity contribution is -0.385. The molecule has 1 aliphatic rings. The van der Waals surface area contributed by atoms with E-state index in [9.17, 15) is 14.9 Å². The Labute approximate surface area is 129 Å². The van der Waals surface area contributed by atoms with Gasteiger partial charge >= 0.3 is 0 Å². The van der Waals surface area contributed by atoms with E-state index in [-0.39, 0.29) is 17.4 Å². The Balaban J connectivity index is 2.20. The predicted octanol–water partition coefficient (Wildman–Crippen LogP) is 4.43. The molecule has 2 atom stereocenters. The molecule has 0 bridgehead atoms. The van der Waals surface area contributed by atoms with Gasteiger partial charge in [-0.25, -0.2) is 0 Å². The number of halogens is 1. The SMILES string of the molecule is CC(C)C1CCC(=O)C(Cc2ccc(Cl)cc2[N+](=O)[O-])C1. The van der Waals surface area contributed by atoms with Crippen LogP contribution in [0.3, 0.4) is 0 Å². The van der Waals surface area contributed by atoms with Crippen molar-refractivity contribution >= 4 is 23.1 Å². The zero-order chi connectivity index (χ0) is 15.6. The Morgan fingerprint density at radius 3 is 2.76 bits per heavy atom. The van der Waals surface area contributed by atoms with Crippen LogP contribution in [-0.2, 0) is 11.2 Å². The summed E-state index contributed by atoms with van der Waals surface area (Å²) >= 11 is 5.83. The molecule has 1 aromatic carbocycles. The fourth-order valence-corrected chi connectivity index (χ4v) is 3.26. The van der Waals surface area contributed by atoms with Gasteiger partial charge in [-0.15, -0.1) is 0 Å². The van der Waals surface area contributed by atoms with E-state index in [0.717, 1.165) is 12.8 Å². The molecule has 0 N–H and O–H groups in total. The number of nitro benzene ring substituents is 1. The summed E-state index contributed by atoms with van der Waals surface area (Å²) in [6.45, 7) is 4.34. The second-order valence-corrected chi connectivity index (χ2v) is 6.61. The Bertz CT molecular complexity index is 556. The molecule has 2 rings (SSSR count). The first-order chi connectivity index (χ1) is 9.88. The van der Waals surface area contributed by atoms with Gasteiger partial charge in [0.25, 0.3) is 5.69 Å². The Morgan fingerprint density at radius 1 is 1.43 bits per heavy atom. The molecule has 1 aromatic rings. The normalized spacial score (nSPS) is 22.6. The summed E-state index contributed by atoms with van der Waals surface area (Å²) in [6, 6.07) is 4.69. The van der Waals surface area contributed by atoms with E-state index < -0.39 is 4.92 Å². The van der Waals surface area contributed by atoms with Gasteiger partial charge in [-0.05, 0) is 37.2 Å². The summed E-state index contributed by atoms with van der Waals surface area (Å²) in [6.07, 6.45) is 2.80. The van der Waals surface area contributed by atoms with Gasteiger partial charge in [-0.2, -0.15) is 0 Å². The predicted molar refractivity (Wildman–Crippen MR) is 82.5 cm³/mol. The van der Waals surface area contributed by atoms with Gasteiger partial charge < -0.3 is 0 Å². The molecule has 0 saturated heterocycles. The van der Waals surface area contributed by atoms with Crippen molar-refractivity contribution in [1.29, 1.82) is 0 Å². The van der Waals surface area contributed by atoms with Crippen LogP contribution >= 0.6 is 11.6 Å². The van der Waals surface area contributed by atoms with E-state index in [1.807, 2.05) is 0 Å². The first kappa shape index (κ1) is 16.0. The van der Waals surface area contributed by atoms with E-state index in [4.69, 9.17) is 11.6 Å². The zero-order valence-corrected chi connectivity index (χ0v) is 13.1. The number of carbonyl (C=O) groups excluding carboxylic acids is 1. The summed E-state index contributed by atoms with van der Waals surface area (Å²) in [5.41, 5.74) is 0.620. The number of Topliss-reactive ketones (excluding diaryl/α,β-unsaturated/α-hetero) is 1. The molecular formula is C16H20ClNO3. The summed E-state index contributed by atoms with van der Waals surface area (Å²) in [5.74, 6) is 1.20. The largest absolute Gasteiger partial charge is 0.299 e. The molecule has 5 heteroatoms. The highest BCUT2D eigenvalue weighted by Crippen LogP contribution is 2.35. The highest BCUT2D eigenvalue weighted by Gasteiger charge is 2.31. The average molecular weight is 310 g/mol. The third kappa shape index (κ3) is 3.82. The van der Waals surface area contributed by atoms with Gasteiger partial charge in [-0.3, -0.25) is 14.9 Å². The molecule has 2 unspecified atom stereocenters. The maximum Gasteiger partial charge on any atom is 0.274 e. The maximum atomic E-state index is 12.1. The Morgan fingerprint density at radius 2 is 2.14 bits per heavy atom. The number of nitro groups is 1. The Hall–Kier alpha value is -1.42. The zero-order valence-electron chi connectivity index (χ0n) is 12.3. The van der Waals surface area contributed by atoms with Crippen LogP contribution in [0.15, 0.2) is 18.2 Å². The topological polar surface area (TPSA) is 60.2 Å². The summed E-state index contributed by atoms with van der Waals surface area (Å²) in [5, 5.41) is 11.5. The van der Waals surface area contributed by atoms with Crippen LogP contribution in [0.25, 0.3) is 0 Å². The van der Waals surface area contributed by atoms with Crippen molar-refractivity contribution in [3.8, 4) is 0 Å². The fraction of sp³-hybridized carbons (Fsp3) is 0.562. The van der Waals surface area contributed by atoms with Crippen molar-refractivity contribution in [2.45, 2.75) is 39.5 Å². The minimum Gasteiger partial charge on any atom is -0.299 e. The molecule has 4 nitrogen and oxygen atoms in total. The quantitative estimate of drug-likeness (QED) is 0.610. The molecule has 114 valence electrons. The highest BCUT2D eigenvalue weighted by molar-refractivity contribution is 6.30. The second kappa shape index (κ2) is 6.56. The van der Waals surface area contributed by atoms with Gasteiger partial charge in [0.2, 0.25) is 0 Å². The molecule has 0 aliphatic heterocycles. The second-order valence-electron chi connectivity index (χ2n) is 6.18. The maximum absolute atomic E-state index is 12.1. The van der Waals surface area contributed by atoms with Crippen LogP contribution in [0, 0.1) is 27.9 Å². The van der Waals surface area contributed by atoms with Gasteiger partial charge in [-0.1, -0.05) is 31.5 Å². The molecular weight excluding hydrogens is 290 g/mol. The van der Waals surface area contributed by atoms with Gasteiger partial charge in [0.05, 0.1) is 4.92 Å². The smallest absolute Gasteiger partial charge is 0.274 e. The van der Waals surface area contributed by atoms with Crippen molar-refractivity contribution in [1.82, 2.24) is 0 Å². The van der Waals surface area contributed by atoms with E-state index in [0.29, 0.717) is 35.3 Å². The third-order valence-electron chi connectivity index (χ3n) is 4.46. The van der Waals surface area contributed by atoms with E-state index >= 15 is 0 Å². The molecule has 21 heavy (non-hydrogen) atoms. The average Bonchev–Trinajstić information content (AvgIpc) is 2.42. The lowest BCUT2D eigenvalue weighted by Gasteiger charge is -2.30. The van der Waals surface area contributed by atoms with Gasteiger partial charge in [0, 0.05) is 29.0 Å². The number of nitrogens with zero attached hydrogens (tertiary/aromatic N) is 1. The Kier molecular flexibility index (Phi) is 4.99. The summed E-state index contributed by atoms with van der Waals surface area (Å²) < 4.78 is 0. The van der Waals surface area contributed by atoms with Crippen LogP contribution < -0.4 is 0 Å². The van der Waals surface area contributed by atoms with Gasteiger partial charge in [0.1, 0.15) is 5.78 Å². The van der Waals surface area contributed by atoms with Crippen LogP contribution in [0.1, 0.15) is 38.7 Å². The molecule has 0 spiro atoms. The molecule has 0 radical (unpaired) electrons.